The van der Waals surface area contributed by atoms with Crippen LogP contribution in [0.2, 0.25) is 0 Å². The van der Waals surface area contributed by atoms with Gasteiger partial charge in [-0.25, -0.2) is 9.67 Å². The van der Waals surface area contributed by atoms with E-state index in [1.165, 1.54) is 6.33 Å². The molecule has 13 heavy (non-hydrogen) atoms. The standard InChI is InChI=1S/C8H15N3O2/c1-4-12-8(13-5-2)7-9-6-10-11(7)3/h6,8H,4-5H2,1-3H3. The normalized spacial score (nSPS) is 11.1. The molecule has 0 aliphatic carbocycles. The third-order valence-electron chi connectivity index (χ3n) is 1.59. The maximum atomic E-state index is 5.36. The van der Waals surface area contributed by atoms with E-state index in [0.29, 0.717) is 19.0 Å². The largest absolute Gasteiger partial charge is 0.346 e. The molecule has 0 spiro atoms. The molecule has 0 atom stereocenters. The van der Waals surface area contributed by atoms with E-state index in [9.17, 15) is 0 Å². The van der Waals surface area contributed by atoms with E-state index in [2.05, 4.69) is 10.1 Å². The van der Waals surface area contributed by atoms with E-state index in [1.807, 2.05) is 20.9 Å². The highest BCUT2D eigenvalue weighted by Gasteiger charge is 2.16. The molecule has 0 aliphatic rings. The third-order valence-corrected chi connectivity index (χ3v) is 1.59. The molecule has 1 aromatic rings. The van der Waals surface area contributed by atoms with Crippen LogP contribution in [0.4, 0.5) is 0 Å². The monoisotopic (exact) mass is 185 g/mol. The molecule has 0 bridgehead atoms. The molecule has 0 amide bonds. The molecule has 5 nitrogen and oxygen atoms in total. The minimum atomic E-state index is -0.400. The Morgan fingerprint density at radius 2 is 2.00 bits per heavy atom. The van der Waals surface area contributed by atoms with Crippen molar-refractivity contribution < 1.29 is 9.47 Å². The summed E-state index contributed by atoms with van der Waals surface area (Å²) in [5.74, 6) is 0.698. The molecule has 0 aromatic carbocycles. The Labute approximate surface area is 77.7 Å². The number of rotatable bonds is 5. The Morgan fingerprint density at radius 1 is 1.38 bits per heavy atom. The topological polar surface area (TPSA) is 49.2 Å². The van der Waals surface area contributed by atoms with Gasteiger partial charge in [-0.15, -0.1) is 0 Å². The number of hydrogen-bond donors (Lipinski definition) is 0. The third kappa shape index (κ3) is 2.50. The summed E-state index contributed by atoms with van der Waals surface area (Å²) in [5.41, 5.74) is 0. The summed E-state index contributed by atoms with van der Waals surface area (Å²) in [4.78, 5) is 4.06. The molecule has 1 aromatic heterocycles. The number of aromatic nitrogens is 3. The van der Waals surface area contributed by atoms with Gasteiger partial charge in [-0.1, -0.05) is 0 Å². The van der Waals surface area contributed by atoms with Crippen molar-refractivity contribution in [2.24, 2.45) is 7.05 Å². The summed E-state index contributed by atoms with van der Waals surface area (Å²) >= 11 is 0. The summed E-state index contributed by atoms with van der Waals surface area (Å²) in [6.07, 6.45) is 1.09. The minimum Gasteiger partial charge on any atom is -0.346 e. The summed E-state index contributed by atoms with van der Waals surface area (Å²) in [6.45, 7) is 5.03. The van der Waals surface area contributed by atoms with E-state index < -0.39 is 6.29 Å². The van der Waals surface area contributed by atoms with Gasteiger partial charge in [-0.2, -0.15) is 5.10 Å². The first-order chi connectivity index (χ1) is 6.29. The lowest BCUT2D eigenvalue weighted by atomic mass is 10.5. The first-order valence-electron chi connectivity index (χ1n) is 4.36. The predicted octanol–water partition coefficient (Wildman–Crippen LogP) is 0.887. The molecule has 0 aliphatic heterocycles. The van der Waals surface area contributed by atoms with Crippen LogP contribution in [-0.4, -0.2) is 28.0 Å². The van der Waals surface area contributed by atoms with E-state index in [1.54, 1.807) is 4.68 Å². The number of hydrogen-bond acceptors (Lipinski definition) is 4. The Balaban J connectivity index is 2.69. The molecule has 1 rings (SSSR count). The van der Waals surface area contributed by atoms with Gasteiger partial charge in [-0.05, 0) is 13.8 Å². The summed E-state index contributed by atoms with van der Waals surface area (Å²) in [7, 11) is 1.81. The van der Waals surface area contributed by atoms with Gasteiger partial charge in [0.2, 0.25) is 6.29 Å². The van der Waals surface area contributed by atoms with Crippen molar-refractivity contribution in [2.75, 3.05) is 13.2 Å². The van der Waals surface area contributed by atoms with Crippen LogP contribution in [0.3, 0.4) is 0 Å². The Bertz CT molecular complexity index is 243. The molecule has 0 radical (unpaired) electrons. The summed E-state index contributed by atoms with van der Waals surface area (Å²) in [5, 5.41) is 3.95. The fraction of sp³-hybridized carbons (Fsp3) is 0.750. The molecule has 5 heteroatoms. The lowest BCUT2D eigenvalue weighted by molar-refractivity contribution is -0.146. The van der Waals surface area contributed by atoms with Crippen molar-refractivity contribution in [1.29, 1.82) is 0 Å². The Morgan fingerprint density at radius 3 is 2.38 bits per heavy atom. The zero-order chi connectivity index (χ0) is 9.68. The van der Waals surface area contributed by atoms with Crippen molar-refractivity contribution in [3.05, 3.63) is 12.2 Å². The van der Waals surface area contributed by atoms with Gasteiger partial charge in [0.05, 0.1) is 0 Å². The molecular formula is C8H15N3O2. The zero-order valence-corrected chi connectivity index (χ0v) is 8.23. The molecule has 74 valence electrons. The molecule has 0 N–H and O–H groups in total. The highest BCUT2D eigenvalue weighted by molar-refractivity contribution is 4.85. The fourth-order valence-electron chi connectivity index (χ4n) is 1.02. The van der Waals surface area contributed by atoms with Crippen LogP contribution in [0, 0.1) is 0 Å². The zero-order valence-electron chi connectivity index (χ0n) is 8.23. The van der Waals surface area contributed by atoms with Crippen LogP contribution in [0.5, 0.6) is 0 Å². The molecule has 0 fully saturated rings. The first-order valence-corrected chi connectivity index (χ1v) is 4.36. The quantitative estimate of drug-likeness (QED) is 0.639. The summed E-state index contributed by atoms with van der Waals surface area (Å²) < 4.78 is 12.4. The van der Waals surface area contributed by atoms with Gasteiger partial charge in [0, 0.05) is 20.3 Å². The van der Waals surface area contributed by atoms with Crippen molar-refractivity contribution in [3.63, 3.8) is 0 Å². The minimum absolute atomic E-state index is 0.400. The fourth-order valence-corrected chi connectivity index (χ4v) is 1.02. The first kappa shape index (κ1) is 10.1. The average molecular weight is 185 g/mol. The second kappa shape index (κ2) is 4.94. The van der Waals surface area contributed by atoms with E-state index in [-0.39, 0.29) is 0 Å². The van der Waals surface area contributed by atoms with E-state index >= 15 is 0 Å². The van der Waals surface area contributed by atoms with Crippen LogP contribution >= 0.6 is 0 Å². The van der Waals surface area contributed by atoms with E-state index in [4.69, 9.17) is 9.47 Å². The maximum absolute atomic E-state index is 5.36. The number of ether oxygens (including phenoxy) is 2. The highest BCUT2D eigenvalue weighted by Crippen LogP contribution is 2.14. The van der Waals surface area contributed by atoms with Crippen LogP contribution in [0.25, 0.3) is 0 Å². The lowest BCUT2D eigenvalue weighted by Gasteiger charge is -2.15. The van der Waals surface area contributed by atoms with Crippen LogP contribution < -0.4 is 0 Å². The number of aryl methyl sites for hydroxylation is 1. The van der Waals surface area contributed by atoms with Gasteiger partial charge >= 0.3 is 0 Å². The smallest absolute Gasteiger partial charge is 0.218 e. The van der Waals surface area contributed by atoms with Crippen LogP contribution in [0.15, 0.2) is 6.33 Å². The average Bonchev–Trinajstić information content (AvgIpc) is 2.51. The van der Waals surface area contributed by atoms with E-state index in [0.717, 1.165) is 0 Å². The molecule has 0 saturated heterocycles. The Kier molecular flexibility index (Phi) is 3.85. The second-order valence-electron chi connectivity index (χ2n) is 2.48. The SMILES string of the molecule is CCOC(OCC)c1ncnn1C. The Hall–Kier alpha value is -0.940. The molecule has 0 saturated carbocycles. The van der Waals surface area contributed by atoms with Gasteiger partial charge in [-0.3, -0.25) is 0 Å². The van der Waals surface area contributed by atoms with Gasteiger partial charge in [0.1, 0.15) is 6.33 Å². The molecule has 1 heterocycles. The van der Waals surface area contributed by atoms with Crippen molar-refractivity contribution in [2.45, 2.75) is 20.1 Å². The number of nitrogens with zero attached hydrogens (tertiary/aromatic N) is 3. The predicted molar refractivity (Wildman–Crippen MR) is 47.0 cm³/mol. The van der Waals surface area contributed by atoms with Gasteiger partial charge in [0.15, 0.2) is 5.82 Å². The lowest BCUT2D eigenvalue weighted by Crippen LogP contribution is -2.14. The highest BCUT2D eigenvalue weighted by atomic mass is 16.7. The maximum Gasteiger partial charge on any atom is 0.218 e. The van der Waals surface area contributed by atoms with Crippen molar-refractivity contribution in [3.8, 4) is 0 Å². The van der Waals surface area contributed by atoms with Crippen molar-refractivity contribution >= 4 is 0 Å². The summed E-state index contributed by atoms with van der Waals surface area (Å²) in [6, 6.07) is 0. The van der Waals surface area contributed by atoms with Gasteiger partial charge in [0.25, 0.3) is 0 Å². The molecular weight excluding hydrogens is 170 g/mol. The van der Waals surface area contributed by atoms with Crippen LogP contribution in [-0.2, 0) is 16.5 Å². The second-order valence-corrected chi connectivity index (χ2v) is 2.48. The van der Waals surface area contributed by atoms with Crippen molar-refractivity contribution in [1.82, 2.24) is 14.8 Å². The molecule has 0 unspecified atom stereocenters. The van der Waals surface area contributed by atoms with Gasteiger partial charge < -0.3 is 9.47 Å². The van der Waals surface area contributed by atoms with Crippen LogP contribution in [0.1, 0.15) is 26.0 Å².